The van der Waals surface area contributed by atoms with Crippen molar-refractivity contribution < 1.29 is 19.0 Å². The summed E-state index contributed by atoms with van der Waals surface area (Å²) in [4.78, 5) is 14.6. The Morgan fingerprint density at radius 1 is 1.12 bits per heavy atom. The number of hydrogen-bond acceptors (Lipinski definition) is 4. The average Bonchev–Trinajstić information content (AvgIpc) is 3.33. The molecule has 2 heterocycles. The number of nitrogens with one attached hydrogen (secondary N) is 1. The van der Waals surface area contributed by atoms with Crippen molar-refractivity contribution in [3.63, 3.8) is 0 Å². The van der Waals surface area contributed by atoms with Gasteiger partial charge in [-0.2, -0.15) is 0 Å². The van der Waals surface area contributed by atoms with Crippen LogP contribution in [0.25, 0.3) is 0 Å². The highest BCUT2D eigenvalue weighted by molar-refractivity contribution is 5.89. The van der Waals surface area contributed by atoms with E-state index in [0.29, 0.717) is 13.1 Å². The van der Waals surface area contributed by atoms with Crippen molar-refractivity contribution in [2.24, 2.45) is 0 Å². The molecule has 4 rings (SSSR count). The zero-order valence-electron chi connectivity index (χ0n) is 14.5. The van der Waals surface area contributed by atoms with Crippen LogP contribution in [0.1, 0.15) is 18.4 Å². The lowest BCUT2D eigenvalue weighted by Gasteiger charge is -2.26. The molecule has 0 aromatic heterocycles. The molecule has 26 heavy (non-hydrogen) atoms. The predicted molar refractivity (Wildman–Crippen MR) is 97.4 cm³/mol. The van der Waals surface area contributed by atoms with Crippen LogP contribution >= 0.6 is 0 Å². The number of benzene rings is 2. The number of carbonyl (C=O) groups excluding carboxylic acids is 1. The number of carbonyl (C=O) groups is 1. The van der Waals surface area contributed by atoms with E-state index in [1.165, 1.54) is 0 Å². The van der Waals surface area contributed by atoms with Crippen LogP contribution in [-0.4, -0.2) is 37.0 Å². The normalized spacial score (nSPS) is 17.9. The maximum Gasteiger partial charge on any atom is 0.322 e. The molecule has 1 fully saturated rings. The van der Waals surface area contributed by atoms with Crippen LogP contribution in [-0.2, 0) is 11.3 Å². The molecular formula is C20H22N2O4. The molecule has 0 saturated carbocycles. The molecule has 2 aromatic carbocycles. The van der Waals surface area contributed by atoms with Gasteiger partial charge in [0.05, 0.1) is 6.10 Å². The highest BCUT2D eigenvalue weighted by atomic mass is 16.7. The third-order valence-corrected chi connectivity index (χ3v) is 4.57. The zero-order chi connectivity index (χ0) is 17.8. The Hall–Kier alpha value is -2.73. The van der Waals surface area contributed by atoms with Gasteiger partial charge in [-0.25, -0.2) is 4.79 Å². The van der Waals surface area contributed by atoms with E-state index in [4.69, 9.17) is 14.2 Å². The maximum atomic E-state index is 12.8. The number of hydrogen-bond donors (Lipinski definition) is 1. The molecule has 1 atom stereocenters. The van der Waals surface area contributed by atoms with Crippen molar-refractivity contribution in [3.05, 3.63) is 54.1 Å². The molecule has 6 nitrogen and oxygen atoms in total. The molecule has 2 aliphatic rings. The minimum absolute atomic E-state index is 0.0885. The molecule has 0 spiro atoms. The van der Waals surface area contributed by atoms with Gasteiger partial charge in [-0.15, -0.1) is 0 Å². The summed E-state index contributed by atoms with van der Waals surface area (Å²) in [5, 5.41) is 2.96. The van der Waals surface area contributed by atoms with E-state index in [2.05, 4.69) is 5.32 Å². The summed E-state index contributed by atoms with van der Waals surface area (Å²) < 4.78 is 16.5. The lowest BCUT2D eigenvalue weighted by molar-refractivity contribution is 0.0819. The Balaban J connectivity index is 1.49. The van der Waals surface area contributed by atoms with Gasteiger partial charge >= 0.3 is 6.03 Å². The molecule has 2 amide bonds. The highest BCUT2D eigenvalue weighted by Gasteiger charge is 2.24. The molecule has 2 aliphatic heterocycles. The van der Waals surface area contributed by atoms with Gasteiger partial charge in [-0.05, 0) is 42.7 Å². The van der Waals surface area contributed by atoms with E-state index in [0.717, 1.165) is 42.2 Å². The molecule has 0 bridgehead atoms. The second kappa shape index (κ2) is 7.66. The van der Waals surface area contributed by atoms with Crippen LogP contribution in [0.15, 0.2) is 48.5 Å². The van der Waals surface area contributed by atoms with E-state index in [-0.39, 0.29) is 18.9 Å². The van der Waals surface area contributed by atoms with E-state index in [1.807, 2.05) is 48.5 Å². The Bertz CT molecular complexity index is 760. The fourth-order valence-corrected chi connectivity index (χ4v) is 3.24. The summed E-state index contributed by atoms with van der Waals surface area (Å²) in [5.74, 6) is 1.47. The lowest BCUT2D eigenvalue weighted by Crippen LogP contribution is -2.39. The minimum Gasteiger partial charge on any atom is -0.454 e. The van der Waals surface area contributed by atoms with Gasteiger partial charge in [0.2, 0.25) is 6.79 Å². The topological polar surface area (TPSA) is 60.0 Å². The molecule has 0 unspecified atom stereocenters. The van der Waals surface area contributed by atoms with Gasteiger partial charge < -0.3 is 24.4 Å². The summed E-state index contributed by atoms with van der Waals surface area (Å²) in [5.41, 5.74) is 1.77. The third kappa shape index (κ3) is 3.91. The van der Waals surface area contributed by atoms with Crippen molar-refractivity contribution in [3.8, 4) is 11.5 Å². The van der Waals surface area contributed by atoms with Crippen molar-refractivity contribution in [2.75, 3.05) is 25.3 Å². The maximum absolute atomic E-state index is 12.8. The Kier molecular flexibility index (Phi) is 4.93. The number of para-hydroxylation sites is 1. The van der Waals surface area contributed by atoms with Gasteiger partial charge in [-0.1, -0.05) is 24.3 Å². The van der Waals surface area contributed by atoms with Gasteiger partial charge in [0.25, 0.3) is 0 Å². The third-order valence-electron chi connectivity index (χ3n) is 4.57. The summed E-state index contributed by atoms with van der Waals surface area (Å²) in [6.45, 7) is 2.05. The SMILES string of the molecule is O=C(Nc1ccccc1)N(Cc1ccc2c(c1)OCO2)C[C@@H]1CCCO1. The van der Waals surface area contributed by atoms with E-state index < -0.39 is 0 Å². The van der Waals surface area contributed by atoms with Crippen LogP contribution in [0.3, 0.4) is 0 Å². The van der Waals surface area contributed by atoms with Gasteiger partial charge in [0.1, 0.15) is 0 Å². The second-order valence-electron chi connectivity index (χ2n) is 6.50. The number of nitrogens with zero attached hydrogens (tertiary/aromatic N) is 1. The number of urea groups is 1. The van der Waals surface area contributed by atoms with Crippen LogP contribution in [0.2, 0.25) is 0 Å². The number of rotatable bonds is 5. The molecule has 1 saturated heterocycles. The van der Waals surface area contributed by atoms with Crippen LogP contribution in [0.4, 0.5) is 10.5 Å². The molecule has 136 valence electrons. The first kappa shape index (κ1) is 16.7. The van der Waals surface area contributed by atoms with E-state index in [9.17, 15) is 4.79 Å². The summed E-state index contributed by atoms with van der Waals surface area (Å²) in [6.07, 6.45) is 2.12. The van der Waals surface area contributed by atoms with Crippen molar-refractivity contribution in [2.45, 2.75) is 25.5 Å². The molecule has 0 radical (unpaired) electrons. The minimum atomic E-state index is -0.135. The summed E-state index contributed by atoms with van der Waals surface area (Å²) in [7, 11) is 0. The predicted octanol–water partition coefficient (Wildman–Crippen LogP) is 3.63. The molecule has 0 aliphatic carbocycles. The van der Waals surface area contributed by atoms with Crippen LogP contribution in [0.5, 0.6) is 11.5 Å². The van der Waals surface area contributed by atoms with Gasteiger partial charge in [0.15, 0.2) is 11.5 Å². The largest absolute Gasteiger partial charge is 0.454 e. The van der Waals surface area contributed by atoms with E-state index in [1.54, 1.807) is 4.90 Å². The molecule has 2 aromatic rings. The lowest BCUT2D eigenvalue weighted by atomic mass is 10.1. The number of anilines is 1. The van der Waals surface area contributed by atoms with Crippen LogP contribution in [0, 0.1) is 0 Å². The molecule has 6 heteroatoms. The smallest absolute Gasteiger partial charge is 0.322 e. The van der Waals surface area contributed by atoms with Crippen molar-refractivity contribution in [1.29, 1.82) is 0 Å². The fraction of sp³-hybridized carbons (Fsp3) is 0.350. The van der Waals surface area contributed by atoms with Crippen molar-refractivity contribution >= 4 is 11.7 Å². The standard InChI is InChI=1S/C20H22N2O4/c23-20(21-16-5-2-1-3-6-16)22(13-17-7-4-10-24-17)12-15-8-9-18-19(11-15)26-14-25-18/h1-3,5-6,8-9,11,17H,4,7,10,12-14H2,(H,21,23)/t17-/m0/s1. The Morgan fingerprint density at radius 2 is 1.96 bits per heavy atom. The quantitative estimate of drug-likeness (QED) is 0.891. The monoisotopic (exact) mass is 354 g/mol. The molecule has 1 N–H and O–H groups in total. The highest BCUT2D eigenvalue weighted by Crippen LogP contribution is 2.33. The summed E-state index contributed by atoms with van der Waals surface area (Å²) >= 11 is 0. The first-order valence-corrected chi connectivity index (χ1v) is 8.89. The Morgan fingerprint density at radius 3 is 2.77 bits per heavy atom. The first-order valence-electron chi connectivity index (χ1n) is 8.89. The van der Waals surface area contributed by atoms with Gasteiger partial charge in [-0.3, -0.25) is 0 Å². The number of fused-ring (bicyclic) bond motifs is 1. The van der Waals surface area contributed by atoms with Crippen molar-refractivity contribution in [1.82, 2.24) is 4.90 Å². The fourth-order valence-electron chi connectivity index (χ4n) is 3.24. The number of ether oxygens (including phenoxy) is 3. The first-order chi connectivity index (χ1) is 12.8. The molecular weight excluding hydrogens is 332 g/mol. The van der Waals surface area contributed by atoms with Crippen LogP contribution < -0.4 is 14.8 Å². The zero-order valence-corrected chi connectivity index (χ0v) is 14.5. The van der Waals surface area contributed by atoms with Gasteiger partial charge in [0, 0.05) is 25.4 Å². The summed E-state index contributed by atoms with van der Waals surface area (Å²) in [6, 6.07) is 15.1. The van der Waals surface area contributed by atoms with E-state index >= 15 is 0 Å². The number of amides is 2. The Labute approximate surface area is 152 Å². The second-order valence-corrected chi connectivity index (χ2v) is 6.50. The average molecular weight is 354 g/mol.